The zero-order valence-electron chi connectivity index (χ0n) is 11.8. The summed E-state index contributed by atoms with van der Waals surface area (Å²) in [7, 11) is 1.58. The number of aromatic nitrogens is 2. The number of ether oxygens (including phenoxy) is 1. The molecule has 0 spiro atoms. The van der Waals surface area contributed by atoms with Crippen molar-refractivity contribution < 1.29 is 9.84 Å². The lowest BCUT2D eigenvalue weighted by Gasteiger charge is -2.11. The highest BCUT2D eigenvalue weighted by molar-refractivity contribution is 5.67. The molecule has 1 unspecified atom stereocenters. The monoisotopic (exact) mass is 274 g/mol. The van der Waals surface area contributed by atoms with E-state index in [1.165, 1.54) is 0 Å². The Morgan fingerprint density at radius 2 is 2.20 bits per heavy atom. The normalized spacial score (nSPS) is 12.3. The molecule has 0 amide bonds. The summed E-state index contributed by atoms with van der Waals surface area (Å²) in [4.78, 5) is 19.0. The molecule has 1 atom stereocenters. The fourth-order valence-electron chi connectivity index (χ4n) is 2.10. The van der Waals surface area contributed by atoms with Gasteiger partial charge in [-0.2, -0.15) is 4.98 Å². The fraction of sp³-hybridized carbons (Fsp3) is 0.333. The largest absolute Gasteiger partial charge is 0.493 e. The molecule has 0 radical (unpaired) electrons. The van der Waals surface area contributed by atoms with Gasteiger partial charge in [0.15, 0.2) is 0 Å². The van der Waals surface area contributed by atoms with Crippen LogP contribution in [0, 0.1) is 6.92 Å². The minimum Gasteiger partial charge on any atom is -0.493 e. The number of aromatic hydroxyl groups is 1. The average Bonchev–Trinajstić information content (AvgIpc) is 2.38. The van der Waals surface area contributed by atoms with Crippen molar-refractivity contribution in [2.24, 2.45) is 0 Å². The van der Waals surface area contributed by atoms with Gasteiger partial charge in [-0.3, -0.25) is 4.79 Å². The van der Waals surface area contributed by atoms with E-state index < -0.39 is 0 Å². The molecule has 106 valence electrons. The summed E-state index contributed by atoms with van der Waals surface area (Å²) in [6.07, 6.45) is 0. The van der Waals surface area contributed by atoms with Crippen LogP contribution in [0.2, 0.25) is 0 Å². The topological polar surface area (TPSA) is 75.2 Å². The van der Waals surface area contributed by atoms with E-state index in [0.717, 1.165) is 5.56 Å². The molecule has 2 rings (SSSR count). The number of hydrogen-bond donors (Lipinski definition) is 2. The highest BCUT2D eigenvalue weighted by Gasteiger charge is 2.16. The van der Waals surface area contributed by atoms with Gasteiger partial charge in [0.1, 0.15) is 11.4 Å². The van der Waals surface area contributed by atoms with Gasteiger partial charge in [0.2, 0.25) is 5.88 Å². The van der Waals surface area contributed by atoms with Crippen molar-refractivity contribution in [3.8, 4) is 17.0 Å². The third-order valence-corrected chi connectivity index (χ3v) is 3.11. The van der Waals surface area contributed by atoms with E-state index in [1.54, 1.807) is 13.2 Å². The first-order chi connectivity index (χ1) is 9.52. The maximum Gasteiger partial charge on any atom is 0.262 e. The molecule has 1 aromatic heterocycles. The quantitative estimate of drug-likeness (QED) is 0.896. The Morgan fingerprint density at radius 1 is 1.45 bits per heavy atom. The van der Waals surface area contributed by atoms with E-state index in [0.29, 0.717) is 18.0 Å². The molecule has 2 N–H and O–H groups in total. The number of nitrogens with one attached hydrogen (secondary N) is 1. The summed E-state index contributed by atoms with van der Waals surface area (Å²) in [5, 5.41) is 10.1. The molecule has 0 bridgehead atoms. The smallest absolute Gasteiger partial charge is 0.262 e. The predicted octanol–water partition coefficient (Wildman–Crippen LogP) is 2.20. The van der Waals surface area contributed by atoms with Gasteiger partial charge in [-0.1, -0.05) is 36.8 Å². The Morgan fingerprint density at radius 3 is 2.80 bits per heavy atom. The van der Waals surface area contributed by atoms with Crippen molar-refractivity contribution in [1.82, 2.24) is 9.97 Å². The summed E-state index contributed by atoms with van der Waals surface area (Å²) in [5.74, 6) is 0.0771. The molecule has 1 heterocycles. The van der Waals surface area contributed by atoms with Crippen molar-refractivity contribution in [1.29, 1.82) is 0 Å². The van der Waals surface area contributed by atoms with Gasteiger partial charge in [-0.05, 0) is 12.5 Å². The maximum atomic E-state index is 12.2. The summed E-state index contributed by atoms with van der Waals surface area (Å²) in [6.45, 7) is 4.22. The Balaban J connectivity index is 2.49. The molecule has 0 fully saturated rings. The lowest BCUT2D eigenvalue weighted by Crippen LogP contribution is -2.17. The van der Waals surface area contributed by atoms with Crippen LogP contribution in [-0.2, 0) is 4.74 Å². The summed E-state index contributed by atoms with van der Waals surface area (Å²) in [5.41, 5.74) is 1.52. The van der Waals surface area contributed by atoms with E-state index in [2.05, 4.69) is 9.97 Å². The Bertz CT molecular complexity index is 664. The molecular weight excluding hydrogens is 256 g/mol. The average molecular weight is 274 g/mol. The SMILES string of the molecule is COCC(C)c1nc(O)c(-c2cccc(C)c2)c(=O)[nH]1. The van der Waals surface area contributed by atoms with Crippen molar-refractivity contribution in [2.45, 2.75) is 19.8 Å². The highest BCUT2D eigenvalue weighted by Crippen LogP contribution is 2.25. The molecule has 5 heteroatoms. The van der Waals surface area contributed by atoms with Crippen molar-refractivity contribution in [2.75, 3.05) is 13.7 Å². The van der Waals surface area contributed by atoms with Crippen molar-refractivity contribution in [3.63, 3.8) is 0 Å². The second-order valence-electron chi connectivity index (χ2n) is 4.88. The van der Waals surface area contributed by atoms with Crippen LogP contribution in [0.5, 0.6) is 5.88 Å². The van der Waals surface area contributed by atoms with E-state index in [9.17, 15) is 9.90 Å². The van der Waals surface area contributed by atoms with Gasteiger partial charge in [0.25, 0.3) is 5.56 Å². The van der Waals surface area contributed by atoms with Crippen LogP contribution in [-0.4, -0.2) is 28.8 Å². The molecule has 0 aliphatic carbocycles. The molecule has 0 aliphatic rings. The Kier molecular flexibility index (Phi) is 4.20. The number of aryl methyl sites for hydroxylation is 1. The van der Waals surface area contributed by atoms with Gasteiger partial charge in [0, 0.05) is 13.0 Å². The molecule has 0 aliphatic heterocycles. The zero-order chi connectivity index (χ0) is 14.7. The van der Waals surface area contributed by atoms with Crippen LogP contribution < -0.4 is 5.56 Å². The van der Waals surface area contributed by atoms with E-state index in [1.807, 2.05) is 32.0 Å². The van der Waals surface area contributed by atoms with Crippen molar-refractivity contribution in [3.05, 3.63) is 46.0 Å². The Labute approximate surface area is 117 Å². The summed E-state index contributed by atoms with van der Waals surface area (Å²) in [6, 6.07) is 7.38. The van der Waals surface area contributed by atoms with Gasteiger partial charge in [-0.15, -0.1) is 0 Å². The first kappa shape index (κ1) is 14.3. The number of nitrogens with zero attached hydrogens (tertiary/aromatic N) is 1. The van der Waals surface area contributed by atoms with Gasteiger partial charge >= 0.3 is 0 Å². The van der Waals surface area contributed by atoms with Crippen LogP contribution in [0.1, 0.15) is 24.2 Å². The summed E-state index contributed by atoms with van der Waals surface area (Å²) >= 11 is 0. The van der Waals surface area contributed by atoms with Crippen LogP contribution in [0.4, 0.5) is 0 Å². The number of methoxy groups -OCH3 is 1. The highest BCUT2D eigenvalue weighted by atomic mass is 16.5. The lowest BCUT2D eigenvalue weighted by molar-refractivity contribution is 0.181. The molecule has 0 saturated carbocycles. The fourth-order valence-corrected chi connectivity index (χ4v) is 2.10. The summed E-state index contributed by atoms with van der Waals surface area (Å²) < 4.78 is 5.02. The minimum absolute atomic E-state index is 0.0924. The minimum atomic E-state index is -0.346. The zero-order valence-corrected chi connectivity index (χ0v) is 11.8. The molecule has 2 aromatic rings. The van der Waals surface area contributed by atoms with Gasteiger partial charge in [0.05, 0.1) is 6.61 Å². The van der Waals surface area contributed by atoms with Crippen LogP contribution in [0.25, 0.3) is 11.1 Å². The third kappa shape index (κ3) is 2.88. The van der Waals surface area contributed by atoms with Crippen LogP contribution >= 0.6 is 0 Å². The molecule has 20 heavy (non-hydrogen) atoms. The Hall–Kier alpha value is -2.14. The number of rotatable bonds is 4. The van der Waals surface area contributed by atoms with Crippen LogP contribution in [0.3, 0.4) is 0 Å². The molecule has 5 nitrogen and oxygen atoms in total. The van der Waals surface area contributed by atoms with Gasteiger partial charge in [-0.25, -0.2) is 0 Å². The number of hydrogen-bond acceptors (Lipinski definition) is 4. The lowest BCUT2D eigenvalue weighted by atomic mass is 10.1. The second-order valence-corrected chi connectivity index (χ2v) is 4.88. The van der Waals surface area contributed by atoms with Crippen molar-refractivity contribution >= 4 is 0 Å². The number of aromatic amines is 1. The molecular formula is C15H18N2O3. The maximum absolute atomic E-state index is 12.2. The second kappa shape index (κ2) is 5.88. The first-order valence-corrected chi connectivity index (χ1v) is 6.42. The molecule has 1 aromatic carbocycles. The first-order valence-electron chi connectivity index (χ1n) is 6.42. The number of benzene rings is 1. The van der Waals surface area contributed by atoms with E-state index in [-0.39, 0.29) is 22.9 Å². The van der Waals surface area contributed by atoms with Crippen LogP contribution in [0.15, 0.2) is 29.1 Å². The van der Waals surface area contributed by atoms with Gasteiger partial charge < -0.3 is 14.8 Å². The standard InChI is InChI=1S/C15H18N2O3/c1-9-5-4-6-11(7-9)12-14(18)16-13(17-15(12)19)10(2)8-20-3/h4-7,10H,8H2,1-3H3,(H2,16,17,18,19). The van der Waals surface area contributed by atoms with E-state index in [4.69, 9.17) is 4.74 Å². The predicted molar refractivity (Wildman–Crippen MR) is 77.0 cm³/mol. The molecule has 0 saturated heterocycles. The number of H-pyrrole nitrogens is 1. The van der Waals surface area contributed by atoms with E-state index >= 15 is 0 Å². The third-order valence-electron chi connectivity index (χ3n) is 3.11.